The highest BCUT2D eigenvalue weighted by Gasteiger charge is 2.60. The Hall–Kier alpha value is -1.32. The Labute approximate surface area is 183 Å². The highest BCUT2D eigenvalue weighted by atomic mass is 16.2. The number of carbonyl (C=O) groups excluding carboxylic acids is 2. The molecule has 0 aromatic rings. The van der Waals surface area contributed by atoms with E-state index in [2.05, 4.69) is 38.7 Å². The van der Waals surface area contributed by atoms with E-state index >= 15 is 0 Å². The van der Waals surface area contributed by atoms with Crippen LogP contribution in [-0.4, -0.2) is 47.8 Å². The van der Waals surface area contributed by atoms with Crippen LogP contribution in [0.15, 0.2) is 12.2 Å². The molecule has 0 N–H and O–H groups in total. The van der Waals surface area contributed by atoms with E-state index in [1.165, 1.54) is 38.5 Å². The molecule has 0 bridgehead atoms. The molecule has 4 nitrogen and oxygen atoms in total. The molecule has 3 saturated carbocycles. The van der Waals surface area contributed by atoms with Crippen LogP contribution in [0.25, 0.3) is 0 Å². The Balaban J connectivity index is 1.52. The standard InChI is InChI=1S/C26H42N2O2/c1-6-28(7-2)24(30)13-9-18-8-11-20-19-10-12-22-26(4,17-15-23(29)27(22)5)21(19)14-16-25(18,20)3/h9,13,18-22H,6-8,10-12,14-17H2,1-5H3/b13-9+/t18-,19+,20+,21+,22?,25-,26-/m1/s1. The van der Waals surface area contributed by atoms with Gasteiger partial charge in [-0.05, 0) is 99.4 Å². The van der Waals surface area contributed by atoms with Crippen molar-refractivity contribution in [2.24, 2.45) is 34.5 Å². The number of piperidine rings is 1. The van der Waals surface area contributed by atoms with E-state index in [1.807, 2.05) is 18.0 Å². The van der Waals surface area contributed by atoms with E-state index in [1.54, 1.807) is 0 Å². The summed E-state index contributed by atoms with van der Waals surface area (Å²) < 4.78 is 0. The minimum atomic E-state index is 0.170. The summed E-state index contributed by atoms with van der Waals surface area (Å²) >= 11 is 0. The largest absolute Gasteiger partial charge is 0.342 e. The van der Waals surface area contributed by atoms with Gasteiger partial charge in [0.05, 0.1) is 0 Å². The second-order valence-electron chi connectivity index (χ2n) is 11.1. The molecule has 4 aliphatic rings. The molecule has 0 spiro atoms. The van der Waals surface area contributed by atoms with Crippen molar-refractivity contribution in [3.63, 3.8) is 0 Å². The lowest BCUT2D eigenvalue weighted by molar-refractivity contribution is -0.157. The number of likely N-dealkylation sites (N-methyl/N-ethyl adjacent to an activating group) is 1. The topological polar surface area (TPSA) is 40.6 Å². The van der Waals surface area contributed by atoms with Crippen LogP contribution in [0.4, 0.5) is 0 Å². The van der Waals surface area contributed by atoms with E-state index in [-0.39, 0.29) is 5.91 Å². The number of carbonyl (C=O) groups is 2. The molecule has 0 aromatic carbocycles. The molecule has 4 heteroatoms. The van der Waals surface area contributed by atoms with E-state index in [0.29, 0.717) is 28.7 Å². The quantitative estimate of drug-likeness (QED) is 0.615. The van der Waals surface area contributed by atoms with Gasteiger partial charge in [0.1, 0.15) is 0 Å². The predicted molar refractivity (Wildman–Crippen MR) is 121 cm³/mol. The Morgan fingerprint density at radius 2 is 1.73 bits per heavy atom. The van der Waals surface area contributed by atoms with E-state index in [4.69, 9.17) is 0 Å². The van der Waals surface area contributed by atoms with Crippen LogP contribution in [0.5, 0.6) is 0 Å². The number of allylic oxidation sites excluding steroid dienone is 1. The number of amides is 2. The molecule has 0 radical (unpaired) electrons. The fourth-order valence-electron chi connectivity index (χ4n) is 8.35. The van der Waals surface area contributed by atoms with Crippen molar-refractivity contribution >= 4 is 11.8 Å². The van der Waals surface area contributed by atoms with Gasteiger partial charge in [0.25, 0.3) is 0 Å². The van der Waals surface area contributed by atoms with Crippen LogP contribution < -0.4 is 0 Å². The molecule has 4 fully saturated rings. The van der Waals surface area contributed by atoms with Crippen molar-refractivity contribution in [3.8, 4) is 0 Å². The van der Waals surface area contributed by atoms with Crippen molar-refractivity contribution in [2.45, 2.75) is 85.1 Å². The highest BCUT2D eigenvalue weighted by Crippen LogP contribution is 2.66. The Morgan fingerprint density at radius 3 is 2.43 bits per heavy atom. The first-order valence-corrected chi connectivity index (χ1v) is 12.5. The summed E-state index contributed by atoms with van der Waals surface area (Å²) in [5.41, 5.74) is 0.625. The zero-order valence-corrected chi connectivity index (χ0v) is 19.8. The fourth-order valence-corrected chi connectivity index (χ4v) is 8.35. The summed E-state index contributed by atoms with van der Waals surface area (Å²) in [5, 5.41) is 0. The lowest BCUT2D eigenvalue weighted by Crippen LogP contribution is -2.61. The van der Waals surface area contributed by atoms with E-state index in [0.717, 1.165) is 43.7 Å². The molecule has 1 heterocycles. The third kappa shape index (κ3) is 3.24. The van der Waals surface area contributed by atoms with Gasteiger partial charge < -0.3 is 9.80 Å². The summed E-state index contributed by atoms with van der Waals surface area (Å²) in [6, 6.07) is 0.438. The van der Waals surface area contributed by atoms with Crippen molar-refractivity contribution in [3.05, 3.63) is 12.2 Å². The third-order valence-corrected chi connectivity index (χ3v) is 10.2. The summed E-state index contributed by atoms with van der Waals surface area (Å²) in [4.78, 5) is 28.8. The van der Waals surface area contributed by atoms with E-state index in [9.17, 15) is 9.59 Å². The summed E-state index contributed by atoms with van der Waals surface area (Å²) in [5.74, 6) is 3.37. The van der Waals surface area contributed by atoms with Crippen molar-refractivity contribution in [2.75, 3.05) is 20.1 Å². The molecule has 1 unspecified atom stereocenters. The van der Waals surface area contributed by atoms with Crippen LogP contribution >= 0.6 is 0 Å². The van der Waals surface area contributed by atoms with Gasteiger partial charge in [-0.15, -0.1) is 0 Å². The molecule has 168 valence electrons. The lowest BCUT2D eigenvalue weighted by Gasteiger charge is -2.61. The van der Waals surface area contributed by atoms with Gasteiger partial charge >= 0.3 is 0 Å². The molecular weight excluding hydrogens is 372 g/mol. The molecule has 4 rings (SSSR count). The maximum absolute atomic E-state index is 12.5. The van der Waals surface area contributed by atoms with E-state index < -0.39 is 0 Å². The van der Waals surface area contributed by atoms with Crippen LogP contribution in [0.3, 0.4) is 0 Å². The number of rotatable bonds is 4. The Bertz CT molecular complexity index is 714. The second kappa shape index (κ2) is 7.98. The highest BCUT2D eigenvalue weighted by molar-refractivity contribution is 5.87. The predicted octanol–water partition coefficient (Wildman–Crippen LogP) is 4.89. The molecule has 7 atom stereocenters. The first-order chi connectivity index (χ1) is 14.3. The molecule has 0 aromatic heterocycles. The Morgan fingerprint density at radius 1 is 1.03 bits per heavy atom. The van der Waals surface area contributed by atoms with Gasteiger partial charge in [0.2, 0.25) is 11.8 Å². The van der Waals surface area contributed by atoms with Crippen LogP contribution in [0, 0.1) is 34.5 Å². The van der Waals surface area contributed by atoms with Crippen molar-refractivity contribution < 1.29 is 9.59 Å². The first-order valence-electron chi connectivity index (χ1n) is 12.5. The van der Waals surface area contributed by atoms with Gasteiger partial charge in [-0.2, -0.15) is 0 Å². The smallest absolute Gasteiger partial charge is 0.246 e. The zero-order chi connectivity index (χ0) is 21.7. The molecule has 2 amide bonds. The number of nitrogens with zero attached hydrogens (tertiary/aromatic N) is 2. The van der Waals surface area contributed by atoms with Gasteiger partial charge in [-0.3, -0.25) is 9.59 Å². The SMILES string of the molecule is CCN(CC)C(=O)/C=C/[C@H]1CC[C@H]2[C@@H]3CCC4N(C)C(=O)CC[C@]4(C)[C@H]3CC[C@]12C. The van der Waals surface area contributed by atoms with Crippen LogP contribution in [-0.2, 0) is 9.59 Å². The minimum Gasteiger partial charge on any atom is -0.342 e. The second-order valence-corrected chi connectivity index (χ2v) is 11.1. The molecule has 1 aliphatic heterocycles. The average molecular weight is 415 g/mol. The number of hydrogen-bond acceptors (Lipinski definition) is 2. The summed E-state index contributed by atoms with van der Waals surface area (Å²) in [6.07, 6.45) is 13.5. The molecule has 3 aliphatic carbocycles. The van der Waals surface area contributed by atoms with Crippen molar-refractivity contribution in [1.29, 1.82) is 0 Å². The van der Waals surface area contributed by atoms with Gasteiger partial charge in [-0.25, -0.2) is 0 Å². The van der Waals surface area contributed by atoms with Gasteiger partial charge in [0.15, 0.2) is 0 Å². The molecule has 1 saturated heterocycles. The van der Waals surface area contributed by atoms with Crippen LogP contribution in [0.2, 0.25) is 0 Å². The number of likely N-dealkylation sites (tertiary alicyclic amines) is 1. The maximum Gasteiger partial charge on any atom is 0.246 e. The molecular formula is C26H42N2O2. The first kappa shape index (κ1) is 21.9. The zero-order valence-electron chi connectivity index (χ0n) is 19.8. The third-order valence-electron chi connectivity index (χ3n) is 10.2. The number of hydrogen-bond donors (Lipinski definition) is 0. The Kier molecular flexibility index (Phi) is 5.83. The summed E-state index contributed by atoms with van der Waals surface area (Å²) in [7, 11) is 2.04. The van der Waals surface area contributed by atoms with Crippen molar-refractivity contribution in [1.82, 2.24) is 9.80 Å². The fraction of sp³-hybridized carbons (Fsp3) is 0.846. The number of fused-ring (bicyclic) bond motifs is 5. The van der Waals surface area contributed by atoms with Gasteiger partial charge in [0, 0.05) is 32.6 Å². The van der Waals surface area contributed by atoms with Gasteiger partial charge in [-0.1, -0.05) is 19.9 Å². The maximum atomic E-state index is 12.5. The lowest BCUT2D eigenvalue weighted by atomic mass is 9.47. The summed E-state index contributed by atoms with van der Waals surface area (Å²) in [6.45, 7) is 10.7. The monoisotopic (exact) mass is 414 g/mol. The minimum absolute atomic E-state index is 0.170. The normalized spacial score (nSPS) is 43.3. The van der Waals surface area contributed by atoms with Crippen LogP contribution in [0.1, 0.15) is 79.1 Å². The molecule has 30 heavy (non-hydrogen) atoms. The average Bonchev–Trinajstić information content (AvgIpc) is 3.07.